The fourth-order valence-electron chi connectivity index (χ4n) is 2.54. The topological polar surface area (TPSA) is 88.2 Å². The first kappa shape index (κ1) is 17.3. The van der Waals surface area contributed by atoms with Crippen LogP contribution in [0.1, 0.15) is 16.8 Å². The van der Waals surface area contributed by atoms with Crippen molar-refractivity contribution in [3.8, 4) is 0 Å². The maximum absolute atomic E-state index is 13.2. The van der Waals surface area contributed by atoms with E-state index in [-0.39, 0.29) is 28.6 Å². The van der Waals surface area contributed by atoms with Crippen molar-refractivity contribution in [3.05, 3.63) is 53.7 Å². The van der Waals surface area contributed by atoms with Crippen LogP contribution >= 0.6 is 0 Å². The van der Waals surface area contributed by atoms with Gasteiger partial charge in [-0.2, -0.15) is 0 Å². The lowest BCUT2D eigenvalue weighted by atomic mass is 10.2. The predicted octanol–water partition coefficient (Wildman–Crippen LogP) is 2.02. The number of carbonyl (C=O) groups excluding carboxylic acids is 1. The number of aromatic nitrogens is 1. The van der Waals surface area contributed by atoms with Crippen molar-refractivity contribution in [1.29, 1.82) is 0 Å². The third-order valence-corrected chi connectivity index (χ3v) is 5.55. The van der Waals surface area contributed by atoms with Gasteiger partial charge in [-0.05, 0) is 30.7 Å². The van der Waals surface area contributed by atoms with Crippen LogP contribution in [-0.2, 0) is 9.84 Å². The molecule has 9 heteroatoms. The first-order chi connectivity index (χ1) is 11.8. The van der Waals surface area contributed by atoms with E-state index >= 15 is 0 Å². The summed E-state index contributed by atoms with van der Waals surface area (Å²) in [5.41, 5.74) is 0.565. The van der Waals surface area contributed by atoms with Gasteiger partial charge in [0.05, 0.1) is 11.5 Å². The van der Waals surface area contributed by atoms with Crippen molar-refractivity contribution < 1.29 is 22.0 Å². The van der Waals surface area contributed by atoms with Crippen LogP contribution in [0.2, 0.25) is 0 Å². The van der Waals surface area contributed by atoms with Crippen LogP contribution in [-0.4, -0.2) is 36.9 Å². The Morgan fingerprint density at radius 2 is 1.96 bits per heavy atom. The third kappa shape index (κ3) is 4.30. The zero-order valence-electron chi connectivity index (χ0n) is 13.0. The number of nitrogens with one attached hydrogen (secondary N) is 2. The van der Waals surface area contributed by atoms with Gasteiger partial charge < -0.3 is 10.6 Å². The molecule has 1 aliphatic rings. The summed E-state index contributed by atoms with van der Waals surface area (Å²) in [5.74, 6) is -2.10. The van der Waals surface area contributed by atoms with Gasteiger partial charge >= 0.3 is 0 Å². The molecule has 1 amide bonds. The summed E-state index contributed by atoms with van der Waals surface area (Å²) in [6.45, 7) is 0. The lowest BCUT2D eigenvalue weighted by Crippen LogP contribution is -2.35. The largest absolute Gasteiger partial charge is 0.348 e. The third-order valence-electron chi connectivity index (χ3n) is 3.78. The van der Waals surface area contributed by atoms with Crippen molar-refractivity contribution in [2.45, 2.75) is 12.5 Å². The molecule has 0 aliphatic carbocycles. The van der Waals surface area contributed by atoms with E-state index < -0.39 is 33.4 Å². The monoisotopic (exact) mass is 367 g/mol. The second-order valence-corrected chi connectivity index (χ2v) is 7.99. The first-order valence-corrected chi connectivity index (χ1v) is 9.34. The van der Waals surface area contributed by atoms with Crippen LogP contribution in [0.3, 0.4) is 0 Å². The fourth-order valence-corrected chi connectivity index (χ4v) is 4.21. The van der Waals surface area contributed by atoms with Gasteiger partial charge in [-0.25, -0.2) is 22.2 Å². The Hall–Kier alpha value is -2.55. The smallest absolute Gasteiger partial charge is 0.251 e. The van der Waals surface area contributed by atoms with Gasteiger partial charge in [-0.15, -0.1) is 0 Å². The molecule has 2 N–H and O–H groups in total. The predicted molar refractivity (Wildman–Crippen MR) is 88.4 cm³/mol. The summed E-state index contributed by atoms with van der Waals surface area (Å²) in [6, 6.07) is 5.82. The Morgan fingerprint density at radius 3 is 2.64 bits per heavy atom. The van der Waals surface area contributed by atoms with Gasteiger partial charge in [0, 0.05) is 29.6 Å². The van der Waals surface area contributed by atoms with E-state index in [1.807, 2.05) is 0 Å². The van der Waals surface area contributed by atoms with Crippen molar-refractivity contribution in [2.75, 3.05) is 16.8 Å². The maximum atomic E-state index is 13.2. The lowest BCUT2D eigenvalue weighted by molar-refractivity contribution is 0.0941. The van der Waals surface area contributed by atoms with Crippen LogP contribution in [0.4, 0.5) is 20.3 Å². The van der Waals surface area contributed by atoms with Gasteiger partial charge in [0.25, 0.3) is 5.91 Å². The number of amides is 1. The molecule has 2 heterocycles. The van der Waals surface area contributed by atoms with Gasteiger partial charge in [0.15, 0.2) is 21.5 Å². The molecule has 0 bridgehead atoms. The minimum atomic E-state index is -3.09. The molecule has 0 saturated carbocycles. The minimum absolute atomic E-state index is 0.0657. The van der Waals surface area contributed by atoms with Gasteiger partial charge in [-0.1, -0.05) is 0 Å². The molecule has 1 aliphatic heterocycles. The molecule has 1 saturated heterocycles. The summed E-state index contributed by atoms with van der Waals surface area (Å²) in [6.07, 6.45) is 1.78. The van der Waals surface area contributed by atoms with Crippen molar-refractivity contribution in [1.82, 2.24) is 10.3 Å². The minimum Gasteiger partial charge on any atom is -0.348 e. The Balaban J connectivity index is 1.70. The van der Waals surface area contributed by atoms with Crippen molar-refractivity contribution in [2.24, 2.45) is 0 Å². The quantitative estimate of drug-likeness (QED) is 0.863. The number of anilines is 2. The Labute approximate surface area is 143 Å². The summed E-state index contributed by atoms with van der Waals surface area (Å²) < 4.78 is 49.1. The SMILES string of the molecule is O=C(NC1CCS(=O)(=O)C1)c1ccnc(Nc2ccc(F)c(F)c2)c1. The summed E-state index contributed by atoms with van der Waals surface area (Å²) in [7, 11) is -3.09. The molecule has 3 rings (SSSR count). The molecule has 2 aromatic rings. The molecule has 0 spiro atoms. The average Bonchev–Trinajstić information content (AvgIpc) is 2.90. The first-order valence-electron chi connectivity index (χ1n) is 7.52. The highest BCUT2D eigenvalue weighted by Gasteiger charge is 2.29. The number of benzene rings is 1. The molecule has 1 atom stereocenters. The summed E-state index contributed by atoms with van der Waals surface area (Å²) in [5, 5.41) is 5.46. The van der Waals surface area contributed by atoms with E-state index in [1.54, 1.807) is 0 Å². The molecule has 25 heavy (non-hydrogen) atoms. The molecule has 1 aromatic heterocycles. The van der Waals surface area contributed by atoms with E-state index in [2.05, 4.69) is 15.6 Å². The van der Waals surface area contributed by atoms with E-state index in [0.717, 1.165) is 12.1 Å². The molecule has 1 aromatic carbocycles. The van der Waals surface area contributed by atoms with Crippen LogP contribution in [0.5, 0.6) is 0 Å². The maximum Gasteiger partial charge on any atom is 0.251 e. The van der Waals surface area contributed by atoms with Crippen LogP contribution in [0.15, 0.2) is 36.5 Å². The number of rotatable bonds is 4. The van der Waals surface area contributed by atoms with Crippen LogP contribution in [0.25, 0.3) is 0 Å². The number of hydrogen-bond acceptors (Lipinski definition) is 5. The van der Waals surface area contributed by atoms with Crippen molar-refractivity contribution >= 4 is 27.2 Å². The fraction of sp³-hybridized carbons (Fsp3) is 0.250. The lowest BCUT2D eigenvalue weighted by Gasteiger charge is -2.12. The number of pyridine rings is 1. The van der Waals surface area contributed by atoms with E-state index in [4.69, 9.17) is 0 Å². The van der Waals surface area contributed by atoms with Gasteiger partial charge in [0.2, 0.25) is 0 Å². The molecular weight excluding hydrogens is 352 g/mol. The molecule has 0 radical (unpaired) electrons. The Kier molecular flexibility index (Phi) is 4.67. The number of hydrogen-bond donors (Lipinski definition) is 2. The molecular formula is C16H15F2N3O3S. The average molecular weight is 367 g/mol. The second kappa shape index (κ2) is 6.75. The summed E-state index contributed by atoms with van der Waals surface area (Å²) in [4.78, 5) is 16.3. The molecule has 1 fully saturated rings. The van der Waals surface area contributed by atoms with Crippen molar-refractivity contribution in [3.63, 3.8) is 0 Å². The van der Waals surface area contributed by atoms with Gasteiger partial charge in [0.1, 0.15) is 5.82 Å². The van der Waals surface area contributed by atoms with E-state index in [9.17, 15) is 22.0 Å². The van der Waals surface area contributed by atoms with Gasteiger partial charge in [-0.3, -0.25) is 4.79 Å². The molecule has 6 nitrogen and oxygen atoms in total. The Morgan fingerprint density at radius 1 is 1.16 bits per heavy atom. The highest BCUT2D eigenvalue weighted by Crippen LogP contribution is 2.18. The number of halogens is 2. The van der Waals surface area contributed by atoms with Crippen LogP contribution in [0, 0.1) is 11.6 Å². The second-order valence-electron chi connectivity index (χ2n) is 5.76. The van der Waals surface area contributed by atoms with E-state index in [0.29, 0.717) is 6.42 Å². The van der Waals surface area contributed by atoms with E-state index in [1.165, 1.54) is 24.4 Å². The zero-order valence-corrected chi connectivity index (χ0v) is 13.8. The summed E-state index contributed by atoms with van der Waals surface area (Å²) >= 11 is 0. The zero-order chi connectivity index (χ0) is 18.0. The number of nitrogens with zero attached hydrogens (tertiary/aromatic N) is 1. The molecule has 1 unspecified atom stereocenters. The Bertz CT molecular complexity index is 919. The normalized spacial score (nSPS) is 18.7. The number of carbonyl (C=O) groups is 1. The highest BCUT2D eigenvalue weighted by atomic mass is 32.2. The molecule has 132 valence electrons. The highest BCUT2D eigenvalue weighted by molar-refractivity contribution is 7.91. The van der Waals surface area contributed by atoms with Crippen LogP contribution < -0.4 is 10.6 Å². The standard InChI is InChI=1S/C16H15F2N3O3S/c17-13-2-1-11(8-14(13)18)20-15-7-10(3-5-19-15)16(22)21-12-4-6-25(23,24)9-12/h1-3,5,7-8,12H,4,6,9H2,(H,19,20)(H,21,22). The number of sulfone groups is 1.